The van der Waals surface area contributed by atoms with E-state index in [9.17, 15) is 24.0 Å². The van der Waals surface area contributed by atoms with Gasteiger partial charge in [0.25, 0.3) is 0 Å². The molecule has 2 fully saturated rings. The van der Waals surface area contributed by atoms with Gasteiger partial charge in [0.05, 0.1) is 34.5 Å². The second kappa shape index (κ2) is 11.2. The van der Waals surface area contributed by atoms with Crippen LogP contribution >= 0.6 is 0 Å². The summed E-state index contributed by atoms with van der Waals surface area (Å²) in [5.41, 5.74) is -1.08. The highest BCUT2D eigenvalue weighted by Gasteiger charge is 2.61. The third-order valence-corrected chi connectivity index (χ3v) is 9.80. The average molecular weight is 549 g/mol. The van der Waals surface area contributed by atoms with Gasteiger partial charge in [-0.15, -0.1) is 0 Å². The van der Waals surface area contributed by atoms with Gasteiger partial charge in [-0.2, -0.15) is 0 Å². The van der Waals surface area contributed by atoms with Gasteiger partial charge in [0.15, 0.2) is 16.6 Å². The van der Waals surface area contributed by atoms with Crippen molar-refractivity contribution in [2.75, 3.05) is 26.4 Å². The van der Waals surface area contributed by atoms with Gasteiger partial charge in [0.1, 0.15) is 0 Å². The van der Waals surface area contributed by atoms with Gasteiger partial charge >= 0.3 is 23.9 Å². The fraction of sp³-hybridized carbons (Fsp3) is 0.679. The van der Waals surface area contributed by atoms with Gasteiger partial charge in [-0.05, 0) is 75.6 Å². The Morgan fingerprint density at radius 1 is 0.711 bits per heavy atom. The average Bonchev–Trinajstić information content (AvgIpc) is 3.37. The number of allylic oxidation sites excluding steroid dienone is 4. The molecule has 3 aliphatic carbocycles. The summed E-state index contributed by atoms with van der Waals surface area (Å²) >= 11 is 0. The van der Waals surface area contributed by atoms with E-state index in [2.05, 4.69) is 19.6 Å². The molecule has 0 saturated heterocycles. The summed E-state index contributed by atoms with van der Waals surface area (Å²) in [6.45, 7) is 13.2. The lowest BCUT2D eigenvalue weighted by Gasteiger charge is -2.26. The molecule has 9 nitrogen and oxygen atoms in total. The molecule has 1 unspecified atom stereocenters. The summed E-state index contributed by atoms with van der Waals surface area (Å²) in [5.74, 6) is -3.22. The van der Waals surface area contributed by atoms with Gasteiger partial charge in [-0.1, -0.05) is 25.2 Å². The molecule has 0 aliphatic heterocycles. The first kappa shape index (κ1) is 29.8. The first-order valence-electron chi connectivity index (χ1n) is 13.5. The summed E-state index contributed by atoms with van der Waals surface area (Å²) < 4.78 is 21.4. The van der Waals surface area contributed by atoms with Gasteiger partial charge in [-0.25, -0.2) is 0 Å². The highest BCUT2D eigenvalue weighted by molar-refractivity contribution is 6.87. The van der Waals surface area contributed by atoms with E-state index in [0.717, 1.165) is 5.57 Å². The summed E-state index contributed by atoms with van der Waals surface area (Å²) in [6.07, 6.45) is 0.228. The summed E-state index contributed by atoms with van der Waals surface area (Å²) in [5, 5.41) is 0.697. The Balaban J connectivity index is 2.30. The molecule has 0 aromatic heterocycles. The Morgan fingerprint density at radius 2 is 1.13 bits per heavy atom. The van der Waals surface area contributed by atoms with Crippen LogP contribution in [0.1, 0.15) is 59.8 Å². The first-order chi connectivity index (χ1) is 17.8. The van der Waals surface area contributed by atoms with Crippen LogP contribution in [-0.4, -0.2) is 64.2 Å². The van der Waals surface area contributed by atoms with Crippen molar-refractivity contribution in [3.63, 3.8) is 0 Å². The number of fused-ring (bicyclic) bond motifs is 2. The van der Waals surface area contributed by atoms with Crippen LogP contribution in [0, 0.1) is 16.7 Å². The fourth-order valence-corrected chi connectivity index (χ4v) is 8.35. The molecule has 1 atom stereocenters. The maximum Gasteiger partial charge on any atom is 0.324 e. The molecule has 10 heteroatoms. The third kappa shape index (κ3) is 4.99. The van der Waals surface area contributed by atoms with E-state index in [1.165, 1.54) is 0 Å². The van der Waals surface area contributed by atoms with Crippen molar-refractivity contribution in [3.8, 4) is 0 Å². The van der Waals surface area contributed by atoms with Crippen LogP contribution in [0.25, 0.3) is 0 Å². The van der Waals surface area contributed by atoms with Crippen molar-refractivity contribution in [3.05, 3.63) is 21.9 Å². The second-order valence-corrected chi connectivity index (χ2v) is 16.2. The quantitative estimate of drug-likeness (QED) is 0.183. The zero-order valence-corrected chi connectivity index (χ0v) is 24.6. The Morgan fingerprint density at radius 3 is 1.55 bits per heavy atom. The molecule has 3 rings (SSSR count). The normalized spacial score (nSPS) is 21.9. The SMILES string of the molecule is CCOC(=O)C1(C(=O)OCC)CC2=C3CC(C(=O)OCC)(C(=O)OCC)CC3CC(=O)C([Si](C)(C)C)=C2C1. The Bertz CT molecular complexity index is 1060. The molecule has 0 bridgehead atoms. The molecule has 38 heavy (non-hydrogen) atoms. The molecule has 0 radical (unpaired) electrons. The number of ketones is 1. The van der Waals surface area contributed by atoms with Crippen molar-refractivity contribution in [1.82, 2.24) is 0 Å². The first-order valence-corrected chi connectivity index (χ1v) is 17.0. The second-order valence-electron chi connectivity index (χ2n) is 11.2. The van der Waals surface area contributed by atoms with E-state index in [-0.39, 0.29) is 64.3 Å². The summed E-state index contributed by atoms with van der Waals surface area (Å²) in [7, 11) is -2.25. The highest BCUT2D eigenvalue weighted by atomic mass is 28.3. The topological polar surface area (TPSA) is 122 Å². The van der Waals surface area contributed by atoms with E-state index < -0.39 is 48.7 Å². The standard InChI is InChI=1S/C28H40O9Si/c1-8-34-23(30)27(24(31)35-9-2)13-17-12-21(29)22(38(5,6)7)20-16-28(25(32)36-10-3,26(33)37-11-4)15-19(20)18(17)14-27/h17H,8-16H2,1-7H3. The van der Waals surface area contributed by atoms with Crippen LogP contribution in [-0.2, 0) is 42.9 Å². The molecule has 0 aromatic carbocycles. The van der Waals surface area contributed by atoms with Crippen LogP contribution in [0.4, 0.5) is 0 Å². The van der Waals surface area contributed by atoms with Crippen LogP contribution in [0.2, 0.25) is 19.6 Å². The molecule has 0 spiro atoms. The summed E-state index contributed by atoms with van der Waals surface area (Å²) in [6, 6.07) is 0. The van der Waals surface area contributed by atoms with E-state index in [1.807, 2.05) is 0 Å². The van der Waals surface area contributed by atoms with Crippen molar-refractivity contribution < 1.29 is 42.9 Å². The Labute approximate surface area is 225 Å². The van der Waals surface area contributed by atoms with E-state index in [1.54, 1.807) is 27.7 Å². The van der Waals surface area contributed by atoms with Gasteiger partial charge in [0.2, 0.25) is 0 Å². The predicted octanol–water partition coefficient (Wildman–Crippen LogP) is 3.86. The van der Waals surface area contributed by atoms with E-state index in [4.69, 9.17) is 18.9 Å². The number of ether oxygens (including phenoxy) is 4. The van der Waals surface area contributed by atoms with Crippen molar-refractivity contribution in [1.29, 1.82) is 0 Å². The van der Waals surface area contributed by atoms with Crippen molar-refractivity contribution in [2.24, 2.45) is 16.7 Å². The van der Waals surface area contributed by atoms with Crippen LogP contribution in [0.15, 0.2) is 21.9 Å². The maximum atomic E-state index is 13.8. The number of Topliss-reactive ketones (excluding diaryl/α,β-unsaturated/α-hetero) is 1. The predicted molar refractivity (Wildman–Crippen MR) is 140 cm³/mol. The molecule has 210 valence electrons. The number of hydrogen-bond donors (Lipinski definition) is 0. The zero-order chi connectivity index (χ0) is 28.5. The minimum atomic E-state index is -2.25. The number of rotatable bonds is 9. The lowest BCUT2D eigenvalue weighted by atomic mass is 9.84. The van der Waals surface area contributed by atoms with Gasteiger partial charge in [0, 0.05) is 6.42 Å². The zero-order valence-electron chi connectivity index (χ0n) is 23.6. The van der Waals surface area contributed by atoms with Crippen LogP contribution < -0.4 is 0 Å². The smallest absolute Gasteiger partial charge is 0.324 e. The lowest BCUT2D eigenvalue weighted by molar-refractivity contribution is -0.173. The lowest BCUT2D eigenvalue weighted by Crippen LogP contribution is -2.40. The van der Waals surface area contributed by atoms with E-state index >= 15 is 0 Å². The molecule has 3 aliphatic rings. The van der Waals surface area contributed by atoms with Crippen molar-refractivity contribution in [2.45, 2.75) is 79.4 Å². The third-order valence-electron chi connectivity index (χ3n) is 7.72. The Hall–Kier alpha value is -2.75. The number of carbonyl (C=O) groups is 5. The largest absolute Gasteiger partial charge is 0.465 e. The van der Waals surface area contributed by atoms with Crippen molar-refractivity contribution >= 4 is 37.7 Å². The molecule has 2 saturated carbocycles. The molecule has 0 aromatic rings. The minimum Gasteiger partial charge on any atom is -0.465 e. The molecular weight excluding hydrogens is 508 g/mol. The number of carbonyl (C=O) groups excluding carboxylic acids is 5. The number of esters is 4. The molecular formula is C28H40O9Si. The fourth-order valence-electron chi connectivity index (χ4n) is 6.27. The minimum absolute atomic E-state index is 0.00513. The maximum absolute atomic E-state index is 13.8. The monoisotopic (exact) mass is 548 g/mol. The molecule has 0 N–H and O–H groups in total. The number of hydrogen-bond acceptors (Lipinski definition) is 9. The molecule has 0 heterocycles. The van der Waals surface area contributed by atoms with Gasteiger partial charge in [-0.3, -0.25) is 24.0 Å². The van der Waals surface area contributed by atoms with Crippen LogP contribution in [0.5, 0.6) is 0 Å². The highest BCUT2D eigenvalue weighted by Crippen LogP contribution is 2.58. The summed E-state index contributed by atoms with van der Waals surface area (Å²) in [4.78, 5) is 67.1. The Kier molecular flexibility index (Phi) is 8.75. The van der Waals surface area contributed by atoms with Crippen LogP contribution in [0.3, 0.4) is 0 Å². The van der Waals surface area contributed by atoms with Gasteiger partial charge < -0.3 is 18.9 Å². The van der Waals surface area contributed by atoms with E-state index in [0.29, 0.717) is 16.3 Å². The molecule has 0 amide bonds.